The molecule has 2 aromatic carbocycles. The molecule has 0 atom stereocenters. The van der Waals surface area contributed by atoms with Gasteiger partial charge in [0.25, 0.3) is 0 Å². The van der Waals surface area contributed by atoms with Gasteiger partial charge in [0.2, 0.25) is 11.8 Å². The van der Waals surface area contributed by atoms with Crippen LogP contribution in [0, 0.1) is 13.8 Å². The normalized spacial score (nSPS) is 11.2. The van der Waals surface area contributed by atoms with Crippen LogP contribution in [0.2, 0.25) is 5.02 Å². The third kappa shape index (κ3) is 5.47. The molecule has 0 unspecified atom stereocenters. The number of hydrogen-bond acceptors (Lipinski definition) is 2. The van der Waals surface area contributed by atoms with E-state index in [-0.39, 0.29) is 18.1 Å². The zero-order valence-corrected chi connectivity index (χ0v) is 15.7. The SMILES string of the molecule is CC(=O)N(CC(=O)Nc1ccc(Cl)c(C(F)(F)F)c1)c1cc(C)cc(C)c1. The summed E-state index contributed by atoms with van der Waals surface area (Å²) in [6.45, 7) is 4.71. The summed E-state index contributed by atoms with van der Waals surface area (Å²) in [7, 11) is 0. The van der Waals surface area contributed by atoms with Crippen molar-refractivity contribution in [2.24, 2.45) is 0 Å². The van der Waals surface area contributed by atoms with Crippen molar-refractivity contribution in [3.63, 3.8) is 0 Å². The third-order valence-corrected chi connectivity index (χ3v) is 4.09. The van der Waals surface area contributed by atoms with Crippen LogP contribution in [0.3, 0.4) is 0 Å². The molecule has 0 fully saturated rings. The van der Waals surface area contributed by atoms with E-state index in [9.17, 15) is 22.8 Å². The van der Waals surface area contributed by atoms with Gasteiger partial charge in [0.1, 0.15) is 6.54 Å². The van der Waals surface area contributed by atoms with Gasteiger partial charge in [-0.05, 0) is 55.3 Å². The van der Waals surface area contributed by atoms with Crippen molar-refractivity contribution in [2.75, 3.05) is 16.8 Å². The fraction of sp³-hybridized carbons (Fsp3) is 0.263. The lowest BCUT2D eigenvalue weighted by Crippen LogP contribution is -2.36. The lowest BCUT2D eigenvalue weighted by Gasteiger charge is -2.22. The number of anilines is 2. The minimum atomic E-state index is -4.64. The van der Waals surface area contributed by atoms with Crippen LogP contribution in [0.5, 0.6) is 0 Å². The highest BCUT2D eigenvalue weighted by Gasteiger charge is 2.33. The number of rotatable bonds is 4. The highest BCUT2D eigenvalue weighted by molar-refractivity contribution is 6.31. The van der Waals surface area contributed by atoms with Crippen molar-refractivity contribution in [1.29, 1.82) is 0 Å². The van der Waals surface area contributed by atoms with E-state index >= 15 is 0 Å². The molecule has 0 aliphatic carbocycles. The van der Waals surface area contributed by atoms with Crippen molar-refractivity contribution in [3.05, 3.63) is 58.1 Å². The first-order chi connectivity index (χ1) is 12.5. The number of nitrogens with zero attached hydrogens (tertiary/aromatic N) is 1. The molecule has 0 heterocycles. The van der Waals surface area contributed by atoms with E-state index in [0.717, 1.165) is 23.3 Å². The first-order valence-electron chi connectivity index (χ1n) is 8.00. The summed E-state index contributed by atoms with van der Waals surface area (Å²) in [6, 6.07) is 8.53. The number of alkyl halides is 3. The fourth-order valence-electron chi connectivity index (χ4n) is 2.66. The standard InChI is InChI=1S/C19H18ClF3N2O2/c1-11-6-12(2)8-15(7-11)25(13(3)26)10-18(27)24-14-4-5-17(20)16(9-14)19(21,22)23/h4-9H,10H2,1-3H3,(H,24,27). The Hall–Kier alpha value is -2.54. The van der Waals surface area contributed by atoms with Gasteiger partial charge in [0.15, 0.2) is 0 Å². The number of carbonyl (C=O) groups is 2. The van der Waals surface area contributed by atoms with E-state index in [0.29, 0.717) is 5.69 Å². The molecule has 0 spiro atoms. The van der Waals surface area contributed by atoms with Crippen molar-refractivity contribution < 1.29 is 22.8 Å². The molecule has 1 N–H and O–H groups in total. The molecule has 2 aromatic rings. The highest BCUT2D eigenvalue weighted by atomic mass is 35.5. The Kier molecular flexibility index (Phi) is 6.15. The Morgan fingerprint density at radius 3 is 2.19 bits per heavy atom. The molecule has 2 rings (SSSR count). The van der Waals surface area contributed by atoms with E-state index in [4.69, 9.17) is 11.6 Å². The summed E-state index contributed by atoms with van der Waals surface area (Å²) in [5.74, 6) is -0.984. The smallest absolute Gasteiger partial charge is 0.325 e. The number of benzene rings is 2. The van der Waals surface area contributed by atoms with Gasteiger partial charge >= 0.3 is 6.18 Å². The minimum Gasteiger partial charge on any atom is -0.325 e. The highest BCUT2D eigenvalue weighted by Crippen LogP contribution is 2.36. The lowest BCUT2D eigenvalue weighted by atomic mass is 10.1. The number of hydrogen-bond donors (Lipinski definition) is 1. The zero-order chi connectivity index (χ0) is 20.4. The summed E-state index contributed by atoms with van der Waals surface area (Å²) < 4.78 is 38.8. The maximum absolute atomic E-state index is 12.9. The zero-order valence-electron chi connectivity index (χ0n) is 14.9. The maximum atomic E-state index is 12.9. The Labute approximate surface area is 159 Å². The van der Waals surface area contributed by atoms with Crippen molar-refractivity contribution in [1.82, 2.24) is 0 Å². The molecule has 0 saturated carbocycles. The molecule has 0 aliphatic rings. The minimum absolute atomic E-state index is 0.0550. The van der Waals surface area contributed by atoms with Gasteiger partial charge in [-0.3, -0.25) is 9.59 Å². The van der Waals surface area contributed by atoms with Crippen LogP contribution >= 0.6 is 11.6 Å². The Balaban J connectivity index is 2.21. The average molecular weight is 399 g/mol. The third-order valence-electron chi connectivity index (χ3n) is 3.76. The molecule has 2 amide bonds. The van der Waals surface area contributed by atoms with E-state index < -0.39 is 22.7 Å². The second-order valence-corrected chi connectivity index (χ2v) is 6.60. The number of carbonyl (C=O) groups excluding carboxylic acids is 2. The molecule has 0 bridgehead atoms. The van der Waals surface area contributed by atoms with Crippen molar-refractivity contribution >= 4 is 34.8 Å². The lowest BCUT2D eigenvalue weighted by molar-refractivity contribution is -0.137. The van der Waals surface area contributed by atoms with E-state index in [2.05, 4.69) is 5.32 Å². The van der Waals surface area contributed by atoms with E-state index in [1.54, 1.807) is 12.1 Å². The molecular weight excluding hydrogens is 381 g/mol. The Morgan fingerprint density at radius 1 is 1.07 bits per heavy atom. The molecule has 0 radical (unpaired) electrons. The molecule has 0 saturated heterocycles. The van der Waals surface area contributed by atoms with E-state index in [1.807, 2.05) is 19.9 Å². The second kappa shape index (κ2) is 8.00. The predicted octanol–water partition coefficient (Wildman–Crippen LogP) is 4.97. The van der Waals surface area contributed by atoms with Crippen LogP contribution in [-0.2, 0) is 15.8 Å². The van der Waals surface area contributed by atoms with Gasteiger partial charge in [-0.2, -0.15) is 13.2 Å². The number of amides is 2. The second-order valence-electron chi connectivity index (χ2n) is 6.19. The topological polar surface area (TPSA) is 49.4 Å². The monoisotopic (exact) mass is 398 g/mol. The van der Waals surface area contributed by atoms with Crippen molar-refractivity contribution in [3.8, 4) is 0 Å². The van der Waals surface area contributed by atoms with E-state index in [1.165, 1.54) is 17.9 Å². The molecule has 27 heavy (non-hydrogen) atoms. The van der Waals surface area contributed by atoms with Gasteiger partial charge in [-0.15, -0.1) is 0 Å². The van der Waals surface area contributed by atoms with Gasteiger partial charge in [-0.1, -0.05) is 17.7 Å². The quantitative estimate of drug-likeness (QED) is 0.790. The summed E-state index contributed by atoms with van der Waals surface area (Å²) in [5.41, 5.74) is 1.29. The first-order valence-corrected chi connectivity index (χ1v) is 8.38. The fourth-order valence-corrected chi connectivity index (χ4v) is 2.88. The predicted molar refractivity (Wildman–Crippen MR) is 99.0 cm³/mol. The maximum Gasteiger partial charge on any atom is 0.417 e. The molecule has 144 valence electrons. The van der Waals surface area contributed by atoms with Crippen LogP contribution in [0.1, 0.15) is 23.6 Å². The summed E-state index contributed by atoms with van der Waals surface area (Å²) >= 11 is 5.57. The van der Waals surface area contributed by atoms with Gasteiger partial charge < -0.3 is 10.2 Å². The van der Waals surface area contributed by atoms with Crippen molar-refractivity contribution in [2.45, 2.75) is 26.9 Å². The molecule has 0 aromatic heterocycles. The average Bonchev–Trinajstić information content (AvgIpc) is 2.52. The molecular formula is C19H18ClF3N2O2. The molecule has 4 nitrogen and oxygen atoms in total. The number of nitrogens with one attached hydrogen (secondary N) is 1. The molecule has 0 aliphatic heterocycles. The largest absolute Gasteiger partial charge is 0.417 e. The van der Waals surface area contributed by atoms with Crippen LogP contribution in [0.15, 0.2) is 36.4 Å². The molecule has 8 heteroatoms. The summed E-state index contributed by atoms with van der Waals surface area (Å²) in [6.07, 6.45) is -4.64. The van der Waals surface area contributed by atoms with Crippen LogP contribution in [0.25, 0.3) is 0 Å². The Morgan fingerprint density at radius 2 is 1.67 bits per heavy atom. The van der Waals surface area contributed by atoms with Crippen LogP contribution in [-0.4, -0.2) is 18.4 Å². The van der Waals surface area contributed by atoms with Gasteiger partial charge in [0, 0.05) is 18.3 Å². The Bertz CT molecular complexity index is 861. The summed E-state index contributed by atoms with van der Waals surface area (Å²) in [4.78, 5) is 25.5. The first kappa shape index (κ1) is 20.8. The van der Waals surface area contributed by atoms with Crippen LogP contribution in [0.4, 0.5) is 24.5 Å². The van der Waals surface area contributed by atoms with Gasteiger partial charge in [-0.25, -0.2) is 0 Å². The van der Waals surface area contributed by atoms with Crippen LogP contribution < -0.4 is 10.2 Å². The number of aryl methyl sites for hydroxylation is 2. The van der Waals surface area contributed by atoms with Gasteiger partial charge in [0.05, 0.1) is 10.6 Å². The summed E-state index contributed by atoms with van der Waals surface area (Å²) in [5, 5.41) is 1.92. The number of halogens is 4.